The minimum Gasteiger partial charge on any atom is -0.480 e. The fourth-order valence-corrected chi connectivity index (χ4v) is 6.14. The van der Waals surface area contributed by atoms with E-state index < -0.39 is 21.7 Å². The van der Waals surface area contributed by atoms with Gasteiger partial charge in [0.25, 0.3) is 5.56 Å². The lowest BCUT2D eigenvalue weighted by Gasteiger charge is -2.30. The summed E-state index contributed by atoms with van der Waals surface area (Å²) in [4.78, 5) is 28.8. The molecule has 1 heterocycles. The van der Waals surface area contributed by atoms with Crippen molar-refractivity contribution in [1.29, 1.82) is 5.41 Å². The van der Waals surface area contributed by atoms with Gasteiger partial charge in [0.05, 0.1) is 16.7 Å². The van der Waals surface area contributed by atoms with E-state index in [1.807, 2.05) is 0 Å². The average Bonchev–Trinajstić information content (AvgIpc) is 3.30. The van der Waals surface area contributed by atoms with Gasteiger partial charge in [-0.1, -0.05) is 37.1 Å². The summed E-state index contributed by atoms with van der Waals surface area (Å²) >= 11 is 0. The summed E-state index contributed by atoms with van der Waals surface area (Å²) in [6.07, 6.45) is 3.29. The van der Waals surface area contributed by atoms with Crippen molar-refractivity contribution < 1.29 is 18.3 Å². The highest BCUT2D eigenvalue weighted by atomic mass is 35.5. The van der Waals surface area contributed by atoms with Crippen molar-refractivity contribution in [2.75, 3.05) is 10.1 Å². The summed E-state index contributed by atoms with van der Waals surface area (Å²) in [5.74, 6) is -2.45. The van der Waals surface area contributed by atoms with Crippen molar-refractivity contribution in [3.63, 3.8) is 0 Å². The Balaban J connectivity index is 0.00000361. The first kappa shape index (κ1) is 27.2. The van der Waals surface area contributed by atoms with Gasteiger partial charge in [0, 0.05) is 25.1 Å². The zero-order chi connectivity index (χ0) is 25.3. The summed E-state index contributed by atoms with van der Waals surface area (Å²) < 4.78 is 28.7. The van der Waals surface area contributed by atoms with Gasteiger partial charge in [-0.3, -0.25) is 19.3 Å². The maximum atomic E-state index is 13.0. The fourth-order valence-electron chi connectivity index (χ4n) is 4.59. The molecule has 3 aromatic rings. The predicted octanol–water partition coefficient (Wildman–Crippen LogP) is 2.39. The third-order valence-corrected chi connectivity index (χ3v) is 8.00. The smallest absolute Gasteiger partial charge is 0.320 e. The number of rotatable bonds is 8. The van der Waals surface area contributed by atoms with E-state index in [0.29, 0.717) is 35.1 Å². The van der Waals surface area contributed by atoms with E-state index in [1.54, 1.807) is 49.5 Å². The van der Waals surface area contributed by atoms with Gasteiger partial charge in [-0.25, -0.2) is 13.4 Å². The fraction of sp³-hybridized carbons (Fsp3) is 0.333. The Labute approximate surface area is 214 Å². The number of carboxylic acid groups (broad SMARTS) is 1. The van der Waals surface area contributed by atoms with Crippen LogP contribution in [0, 0.1) is 5.41 Å². The Morgan fingerprint density at radius 2 is 1.83 bits per heavy atom. The number of anilines is 1. The number of nitrogens with zero attached hydrogens (tertiary/aromatic N) is 3. The summed E-state index contributed by atoms with van der Waals surface area (Å²) in [6, 6.07) is 11.5. The van der Waals surface area contributed by atoms with E-state index >= 15 is 0 Å². The van der Waals surface area contributed by atoms with Gasteiger partial charge >= 0.3 is 5.97 Å². The summed E-state index contributed by atoms with van der Waals surface area (Å²) in [5, 5.41) is 16.7. The molecule has 0 amide bonds. The van der Waals surface area contributed by atoms with E-state index in [9.17, 15) is 23.1 Å². The number of sulfonamides is 1. The molecule has 1 saturated carbocycles. The molecule has 192 valence electrons. The summed E-state index contributed by atoms with van der Waals surface area (Å²) in [5.41, 5.74) is 8.22. The number of nitrogens with two attached hydrogens (primary N) is 1. The Kier molecular flexibility index (Phi) is 8.05. The molecule has 0 aliphatic heterocycles. The van der Waals surface area contributed by atoms with Crippen molar-refractivity contribution in [2.24, 2.45) is 12.8 Å². The zero-order valence-corrected chi connectivity index (χ0v) is 21.3. The molecule has 1 aliphatic rings. The molecular weight excluding hydrogens is 506 g/mol. The van der Waals surface area contributed by atoms with Gasteiger partial charge in [-0.05, 0) is 36.6 Å². The van der Waals surface area contributed by atoms with Crippen LogP contribution in [-0.4, -0.2) is 46.7 Å². The number of carbonyl (C=O) groups is 1. The second kappa shape index (κ2) is 10.7. The highest BCUT2D eigenvalue weighted by Gasteiger charge is 2.34. The molecule has 0 radical (unpaired) electrons. The molecule has 1 fully saturated rings. The van der Waals surface area contributed by atoms with Gasteiger partial charge in [-0.2, -0.15) is 0 Å². The molecule has 0 atom stereocenters. The quantitative estimate of drug-likeness (QED) is 0.296. The molecule has 0 saturated heterocycles. The number of fused-ring (bicyclic) bond motifs is 1. The number of carboxylic acids is 1. The monoisotopic (exact) mass is 533 g/mol. The highest BCUT2D eigenvalue weighted by molar-refractivity contribution is 7.93. The molecular formula is C24H28ClN5O5S. The normalized spacial score (nSPS) is 13.9. The number of amidine groups is 1. The Hall–Kier alpha value is -3.44. The van der Waals surface area contributed by atoms with Crippen LogP contribution < -0.4 is 15.6 Å². The van der Waals surface area contributed by atoms with Crippen LogP contribution in [0.15, 0.2) is 47.3 Å². The Bertz CT molecular complexity index is 1460. The zero-order valence-electron chi connectivity index (χ0n) is 19.7. The number of hydrogen-bond donors (Lipinski definition) is 3. The third kappa shape index (κ3) is 5.52. The number of hydrogen-bond acceptors (Lipinski definition) is 6. The van der Waals surface area contributed by atoms with Crippen LogP contribution in [0.1, 0.15) is 42.5 Å². The molecule has 1 aliphatic carbocycles. The minimum atomic E-state index is -4.10. The first-order chi connectivity index (χ1) is 16.6. The van der Waals surface area contributed by atoms with Crippen LogP contribution in [0.4, 0.5) is 5.69 Å². The molecule has 0 unspecified atom stereocenters. The van der Waals surface area contributed by atoms with Crippen LogP contribution in [0.2, 0.25) is 0 Å². The van der Waals surface area contributed by atoms with Crippen LogP contribution >= 0.6 is 12.4 Å². The number of aromatic nitrogens is 2. The van der Waals surface area contributed by atoms with Gasteiger partial charge in [0.15, 0.2) is 5.75 Å². The van der Waals surface area contributed by atoms with E-state index in [1.165, 1.54) is 8.87 Å². The molecule has 36 heavy (non-hydrogen) atoms. The van der Waals surface area contributed by atoms with Crippen LogP contribution in [0.3, 0.4) is 0 Å². The number of benzene rings is 2. The van der Waals surface area contributed by atoms with Gasteiger partial charge < -0.3 is 15.4 Å². The molecule has 12 heteroatoms. The largest absolute Gasteiger partial charge is 0.480 e. The topological polar surface area (TPSA) is 159 Å². The van der Waals surface area contributed by atoms with E-state index in [0.717, 1.165) is 18.4 Å². The first-order valence-corrected chi connectivity index (χ1v) is 12.8. The minimum absolute atomic E-state index is 0. The Morgan fingerprint density at radius 1 is 1.19 bits per heavy atom. The van der Waals surface area contributed by atoms with E-state index in [-0.39, 0.29) is 42.0 Å². The van der Waals surface area contributed by atoms with E-state index in [4.69, 9.17) is 11.1 Å². The SMILES string of the molecule is Cl.Cn1c(=O)c(Cc2ccc(C(=N)N)cc2)nc2cc(N(C3CCCC3)S(=O)(=O)CC(=O)O)ccc21. The standard InChI is InChI=1S/C24H27N5O5S.ClH/c1-28-21-11-10-18(29(17-4-2-3-5-17)35(33,34)14-22(30)31)13-19(21)27-20(24(28)32)12-15-6-8-16(9-7-15)23(25)26;/h6-11,13,17H,2-5,12,14H2,1H3,(H3,25,26)(H,30,31);1H. The molecule has 4 N–H and O–H groups in total. The number of nitrogens with one attached hydrogen (secondary N) is 1. The molecule has 10 nitrogen and oxygen atoms in total. The van der Waals surface area contributed by atoms with Gasteiger partial charge in [0.2, 0.25) is 10.0 Å². The lowest BCUT2D eigenvalue weighted by molar-refractivity contribution is -0.134. The second-order valence-corrected chi connectivity index (χ2v) is 10.6. The van der Waals surface area contributed by atoms with Crippen LogP contribution in [-0.2, 0) is 28.3 Å². The Morgan fingerprint density at radius 3 is 2.42 bits per heavy atom. The van der Waals surface area contributed by atoms with Crippen LogP contribution in [0.5, 0.6) is 0 Å². The maximum absolute atomic E-state index is 13.0. The first-order valence-electron chi connectivity index (χ1n) is 11.2. The number of aryl methyl sites for hydroxylation is 1. The molecule has 4 rings (SSSR count). The highest BCUT2D eigenvalue weighted by Crippen LogP contribution is 2.32. The second-order valence-electron chi connectivity index (χ2n) is 8.77. The van der Waals surface area contributed by atoms with Crippen molar-refractivity contribution in [3.8, 4) is 0 Å². The molecule has 1 aromatic heterocycles. The van der Waals surface area contributed by atoms with Crippen molar-refractivity contribution in [1.82, 2.24) is 9.55 Å². The predicted molar refractivity (Wildman–Crippen MR) is 141 cm³/mol. The van der Waals surface area contributed by atoms with Crippen molar-refractivity contribution >= 4 is 51.0 Å². The van der Waals surface area contributed by atoms with E-state index in [2.05, 4.69) is 4.98 Å². The molecule has 0 spiro atoms. The van der Waals surface area contributed by atoms with Crippen LogP contribution in [0.25, 0.3) is 11.0 Å². The van der Waals surface area contributed by atoms with Gasteiger partial charge in [0.1, 0.15) is 11.5 Å². The van der Waals surface area contributed by atoms with Gasteiger partial charge in [-0.15, -0.1) is 12.4 Å². The molecule has 0 bridgehead atoms. The average molecular weight is 534 g/mol. The molecule has 2 aromatic carbocycles. The lowest BCUT2D eigenvalue weighted by Crippen LogP contribution is -2.42. The number of halogens is 1. The van der Waals surface area contributed by atoms with Crippen molar-refractivity contribution in [2.45, 2.75) is 38.1 Å². The number of aliphatic carboxylic acids is 1. The number of nitrogen functional groups attached to an aromatic ring is 1. The maximum Gasteiger partial charge on any atom is 0.320 e. The lowest BCUT2D eigenvalue weighted by atomic mass is 10.1. The summed E-state index contributed by atoms with van der Waals surface area (Å²) in [6.45, 7) is 0. The third-order valence-electron chi connectivity index (χ3n) is 6.28. The summed E-state index contributed by atoms with van der Waals surface area (Å²) in [7, 11) is -2.48. The van der Waals surface area contributed by atoms with Crippen molar-refractivity contribution in [3.05, 3.63) is 69.6 Å².